The standard InChI is InChI=1S/C30H32O4/c1-32-30(31)19-13-23-12-18-29(34-22-25-10-6-3-7-11-25)28(20-23)26-14-16-27(17-15-26)33-21-24-8-4-2-5-9-24/h2,4-5,8-9,12-20,25H,3,6-7,10-11,21-22H2,1H3. The molecule has 0 heterocycles. The van der Waals surface area contributed by atoms with Crippen molar-refractivity contribution in [3.05, 3.63) is 90.0 Å². The molecule has 34 heavy (non-hydrogen) atoms. The van der Waals surface area contributed by atoms with Crippen LogP contribution in [-0.4, -0.2) is 19.7 Å². The van der Waals surface area contributed by atoms with E-state index in [9.17, 15) is 4.79 Å². The number of esters is 1. The zero-order chi connectivity index (χ0) is 23.6. The van der Waals surface area contributed by atoms with Crippen molar-refractivity contribution >= 4 is 12.0 Å². The van der Waals surface area contributed by atoms with Gasteiger partial charge in [-0.1, -0.05) is 67.8 Å². The first-order chi connectivity index (χ1) is 16.7. The van der Waals surface area contributed by atoms with Gasteiger partial charge in [0.25, 0.3) is 0 Å². The molecule has 0 aromatic heterocycles. The first-order valence-corrected chi connectivity index (χ1v) is 12.0. The molecule has 0 amide bonds. The molecule has 3 aromatic rings. The summed E-state index contributed by atoms with van der Waals surface area (Å²) >= 11 is 0. The van der Waals surface area contributed by atoms with E-state index < -0.39 is 0 Å². The van der Waals surface area contributed by atoms with Crippen molar-refractivity contribution in [1.29, 1.82) is 0 Å². The molecule has 0 N–H and O–H groups in total. The highest BCUT2D eigenvalue weighted by Crippen LogP contribution is 2.34. The Balaban J connectivity index is 1.52. The number of hydrogen-bond acceptors (Lipinski definition) is 4. The SMILES string of the molecule is COC(=O)C=Cc1ccc(OCC2CCCCC2)c(-c2ccc(OCc3ccccc3)cc2)c1. The van der Waals surface area contributed by atoms with Crippen LogP contribution < -0.4 is 9.47 Å². The molecule has 0 saturated heterocycles. The molecule has 1 saturated carbocycles. The largest absolute Gasteiger partial charge is 0.493 e. The van der Waals surface area contributed by atoms with Crippen LogP contribution in [0.1, 0.15) is 43.2 Å². The maximum Gasteiger partial charge on any atom is 0.330 e. The summed E-state index contributed by atoms with van der Waals surface area (Å²) in [6, 6.07) is 24.2. The molecule has 4 nitrogen and oxygen atoms in total. The van der Waals surface area contributed by atoms with E-state index in [1.54, 1.807) is 6.08 Å². The Bertz CT molecular complexity index is 1080. The van der Waals surface area contributed by atoms with Crippen molar-refractivity contribution in [3.8, 4) is 22.6 Å². The van der Waals surface area contributed by atoms with E-state index in [0.29, 0.717) is 12.5 Å². The van der Waals surface area contributed by atoms with Crippen LogP contribution >= 0.6 is 0 Å². The minimum absolute atomic E-state index is 0.376. The predicted molar refractivity (Wildman–Crippen MR) is 136 cm³/mol. The van der Waals surface area contributed by atoms with E-state index in [0.717, 1.165) is 40.4 Å². The Kier molecular flexibility index (Phi) is 8.39. The molecular weight excluding hydrogens is 424 g/mol. The molecule has 0 unspecified atom stereocenters. The molecule has 1 aliphatic carbocycles. The number of carbonyl (C=O) groups excluding carboxylic acids is 1. The summed E-state index contributed by atoms with van der Waals surface area (Å²) in [5.41, 5.74) is 4.08. The average molecular weight is 457 g/mol. The van der Waals surface area contributed by atoms with Gasteiger partial charge in [0, 0.05) is 11.6 Å². The minimum atomic E-state index is -0.376. The fraction of sp³-hybridized carbons (Fsp3) is 0.300. The number of benzene rings is 3. The van der Waals surface area contributed by atoms with Crippen LogP contribution in [0.15, 0.2) is 78.9 Å². The van der Waals surface area contributed by atoms with E-state index in [1.165, 1.54) is 45.3 Å². The molecule has 176 valence electrons. The minimum Gasteiger partial charge on any atom is -0.493 e. The van der Waals surface area contributed by atoms with E-state index in [-0.39, 0.29) is 5.97 Å². The second kappa shape index (κ2) is 12.1. The van der Waals surface area contributed by atoms with Crippen molar-refractivity contribution in [3.63, 3.8) is 0 Å². The van der Waals surface area contributed by atoms with Gasteiger partial charge in [0.05, 0.1) is 13.7 Å². The molecule has 0 radical (unpaired) electrons. The fourth-order valence-corrected chi connectivity index (χ4v) is 4.27. The van der Waals surface area contributed by atoms with E-state index in [4.69, 9.17) is 14.2 Å². The van der Waals surface area contributed by atoms with Gasteiger partial charge in [-0.3, -0.25) is 0 Å². The van der Waals surface area contributed by atoms with Crippen molar-refractivity contribution in [2.75, 3.05) is 13.7 Å². The lowest BCUT2D eigenvalue weighted by Gasteiger charge is -2.22. The van der Waals surface area contributed by atoms with Crippen LogP contribution in [0.25, 0.3) is 17.2 Å². The Morgan fingerprint density at radius 2 is 1.68 bits per heavy atom. The first kappa shape index (κ1) is 23.6. The van der Waals surface area contributed by atoms with Gasteiger partial charge in [0.15, 0.2) is 0 Å². The average Bonchev–Trinajstić information content (AvgIpc) is 2.91. The Morgan fingerprint density at radius 1 is 0.912 bits per heavy atom. The lowest BCUT2D eigenvalue weighted by atomic mass is 9.90. The Morgan fingerprint density at radius 3 is 2.41 bits per heavy atom. The van der Waals surface area contributed by atoms with Crippen molar-refractivity contribution < 1.29 is 19.0 Å². The molecule has 0 aliphatic heterocycles. The van der Waals surface area contributed by atoms with E-state index in [2.05, 4.69) is 30.3 Å². The maximum atomic E-state index is 11.5. The van der Waals surface area contributed by atoms with Gasteiger partial charge in [-0.15, -0.1) is 0 Å². The van der Waals surface area contributed by atoms with Crippen molar-refractivity contribution in [1.82, 2.24) is 0 Å². The van der Waals surface area contributed by atoms with Gasteiger partial charge in [0.2, 0.25) is 0 Å². The third kappa shape index (κ3) is 6.74. The smallest absolute Gasteiger partial charge is 0.330 e. The fourth-order valence-electron chi connectivity index (χ4n) is 4.27. The van der Waals surface area contributed by atoms with Gasteiger partial charge in [-0.25, -0.2) is 4.79 Å². The lowest BCUT2D eigenvalue weighted by Crippen LogP contribution is -2.15. The van der Waals surface area contributed by atoms with Gasteiger partial charge in [-0.05, 0) is 65.8 Å². The summed E-state index contributed by atoms with van der Waals surface area (Å²) in [7, 11) is 1.38. The quantitative estimate of drug-likeness (QED) is 0.255. The van der Waals surface area contributed by atoms with Gasteiger partial charge >= 0.3 is 5.97 Å². The monoisotopic (exact) mass is 456 g/mol. The summed E-state index contributed by atoms with van der Waals surface area (Å²) in [4.78, 5) is 11.5. The van der Waals surface area contributed by atoms with Crippen LogP contribution in [0.2, 0.25) is 0 Å². The summed E-state index contributed by atoms with van der Waals surface area (Å²) in [6.45, 7) is 1.27. The predicted octanol–water partition coefficient (Wildman–Crippen LogP) is 7.08. The van der Waals surface area contributed by atoms with Crippen molar-refractivity contribution in [2.45, 2.75) is 38.7 Å². The summed E-state index contributed by atoms with van der Waals surface area (Å²) in [5, 5.41) is 0. The van der Waals surface area contributed by atoms with Gasteiger partial charge in [-0.2, -0.15) is 0 Å². The molecule has 3 aromatic carbocycles. The van der Waals surface area contributed by atoms with Gasteiger partial charge < -0.3 is 14.2 Å². The second-order valence-electron chi connectivity index (χ2n) is 8.73. The maximum absolute atomic E-state index is 11.5. The number of carbonyl (C=O) groups is 1. The van der Waals surface area contributed by atoms with Crippen LogP contribution in [-0.2, 0) is 16.1 Å². The topological polar surface area (TPSA) is 44.8 Å². The highest BCUT2D eigenvalue weighted by molar-refractivity contribution is 5.87. The molecule has 0 bridgehead atoms. The molecule has 1 fully saturated rings. The third-order valence-corrected chi connectivity index (χ3v) is 6.23. The summed E-state index contributed by atoms with van der Waals surface area (Å²) in [6.07, 6.45) is 9.60. The van der Waals surface area contributed by atoms with Crippen LogP contribution in [0.4, 0.5) is 0 Å². The number of methoxy groups -OCH3 is 1. The zero-order valence-electron chi connectivity index (χ0n) is 19.7. The third-order valence-electron chi connectivity index (χ3n) is 6.23. The molecular formula is C30H32O4. The molecule has 1 aliphatic rings. The first-order valence-electron chi connectivity index (χ1n) is 12.0. The summed E-state index contributed by atoms with van der Waals surface area (Å²) < 4.78 is 17.0. The van der Waals surface area contributed by atoms with Crippen LogP contribution in [0, 0.1) is 5.92 Å². The zero-order valence-corrected chi connectivity index (χ0v) is 19.7. The second-order valence-corrected chi connectivity index (χ2v) is 8.73. The molecule has 4 rings (SSSR count). The highest BCUT2D eigenvalue weighted by atomic mass is 16.5. The van der Waals surface area contributed by atoms with Crippen LogP contribution in [0.5, 0.6) is 11.5 Å². The number of ether oxygens (including phenoxy) is 3. The van der Waals surface area contributed by atoms with Crippen molar-refractivity contribution in [2.24, 2.45) is 5.92 Å². The van der Waals surface area contributed by atoms with Gasteiger partial charge in [0.1, 0.15) is 18.1 Å². The van der Waals surface area contributed by atoms with E-state index >= 15 is 0 Å². The summed E-state index contributed by atoms with van der Waals surface area (Å²) in [5.74, 6) is 1.92. The van der Waals surface area contributed by atoms with E-state index in [1.807, 2.05) is 42.5 Å². The Hall–Kier alpha value is -3.53. The normalized spacial score (nSPS) is 14.1. The molecule has 0 spiro atoms. The number of rotatable bonds is 9. The lowest BCUT2D eigenvalue weighted by molar-refractivity contribution is -0.134. The Labute approximate surface area is 202 Å². The molecule has 0 atom stereocenters. The van der Waals surface area contributed by atoms with Crippen LogP contribution in [0.3, 0.4) is 0 Å². The molecule has 4 heteroatoms. The highest BCUT2D eigenvalue weighted by Gasteiger charge is 2.16. The number of hydrogen-bond donors (Lipinski definition) is 0.